The average molecular weight is 268 g/mol. The molecule has 2 heterocycles. The van der Waals surface area contributed by atoms with Crippen molar-refractivity contribution in [1.82, 2.24) is 20.3 Å². The van der Waals surface area contributed by atoms with Gasteiger partial charge in [0, 0.05) is 6.61 Å². The molecule has 2 unspecified atom stereocenters. The number of hydrogen-bond donors (Lipinski definition) is 2. The molecule has 104 valence electrons. The van der Waals surface area contributed by atoms with E-state index in [9.17, 15) is 9.59 Å². The average Bonchev–Trinajstić information content (AvgIpc) is 2.87. The molecule has 1 aromatic rings. The number of hydrogen-bond acceptors (Lipinski definition) is 5. The highest BCUT2D eigenvalue weighted by atomic mass is 16.5. The number of ether oxygens (including phenoxy) is 1. The Morgan fingerprint density at radius 1 is 1.68 bits per heavy atom. The van der Waals surface area contributed by atoms with Crippen molar-refractivity contribution in [2.45, 2.75) is 38.5 Å². The van der Waals surface area contributed by atoms with Gasteiger partial charge in [0.2, 0.25) is 0 Å². The van der Waals surface area contributed by atoms with Gasteiger partial charge in [-0.2, -0.15) is 0 Å². The van der Waals surface area contributed by atoms with Crippen LogP contribution in [-0.4, -0.2) is 50.2 Å². The van der Waals surface area contributed by atoms with Crippen LogP contribution in [0.4, 0.5) is 0 Å². The first-order chi connectivity index (χ1) is 8.90. The second-order valence-electron chi connectivity index (χ2n) is 4.83. The highest BCUT2D eigenvalue weighted by Crippen LogP contribution is 2.25. The van der Waals surface area contributed by atoms with Crippen LogP contribution in [0.1, 0.15) is 30.8 Å². The summed E-state index contributed by atoms with van der Waals surface area (Å²) in [6.07, 6.45) is 1.96. The van der Waals surface area contributed by atoms with E-state index in [-0.39, 0.29) is 24.2 Å². The van der Waals surface area contributed by atoms with Crippen molar-refractivity contribution in [3.63, 3.8) is 0 Å². The van der Waals surface area contributed by atoms with Crippen LogP contribution in [0.3, 0.4) is 0 Å². The van der Waals surface area contributed by atoms with E-state index < -0.39 is 11.5 Å². The van der Waals surface area contributed by atoms with E-state index >= 15 is 0 Å². The number of carbonyl (C=O) groups excluding carboxylic acids is 1. The number of carbonyl (C=O) groups is 2. The van der Waals surface area contributed by atoms with E-state index in [2.05, 4.69) is 15.6 Å². The highest BCUT2D eigenvalue weighted by molar-refractivity contribution is 5.92. The van der Waals surface area contributed by atoms with E-state index in [1.54, 1.807) is 0 Å². The smallest absolute Gasteiger partial charge is 0.325 e. The van der Waals surface area contributed by atoms with Crippen molar-refractivity contribution in [1.29, 1.82) is 0 Å². The molecule has 2 atom stereocenters. The van der Waals surface area contributed by atoms with Crippen LogP contribution < -0.4 is 5.32 Å². The zero-order valence-electron chi connectivity index (χ0n) is 10.8. The molecule has 1 amide bonds. The molecule has 8 heteroatoms. The zero-order chi connectivity index (χ0) is 14.0. The molecule has 1 fully saturated rings. The van der Waals surface area contributed by atoms with Crippen LogP contribution in [0.2, 0.25) is 0 Å². The summed E-state index contributed by atoms with van der Waals surface area (Å²) < 4.78 is 6.53. The van der Waals surface area contributed by atoms with E-state index in [1.165, 1.54) is 6.20 Å². The quantitative estimate of drug-likeness (QED) is 0.773. The monoisotopic (exact) mass is 268 g/mol. The fraction of sp³-hybridized carbons (Fsp3) is 0.636. The molecule has 1 aromatic heterocycles. The Hall–Kier alpha value is -1.96. The first-order valence-electron chi connectivity index (χ1n) is 5.97. The van der Waals surface area contributed by atoms with Crippen molar-refractivity contribution in [2.24, 2.45) is 0 Å². The molecule has 0 spiro atoms. The molecule has 1 aliphatic heterocycles. The molecule has 2 N–H and O–H groups in total. The maximum absolute atomic E-state index is 12.0. The molecule has 0 saturated carbocycles. The number of carboxylic acid groups (broad SMARTS) is 1. The van der Waals surface area contributed by atoms with Gasteiger partial charge in [0.25, 0.3) is 5.91 Å². The summed E-state index contributed by atoms with van der Waals surface area (Å²) in [7, 11) is 0. The molecule has 0 radical (unpaired) electrons. The lowest BCUT2D eigenvalue weighted by Crippen LogP contribution is -2.50. The van der Waals surface area contributed by atoms with Crippen LogP contribution in [0.5, 0.6) is 0 Å². The maximum atomic E-state index is 12.0. The van der Waals surface area contributed by atoms with Gasteiger partial charge in [-0.15, -0.1) is 5.10 Å². The standard InChI is InChI=1S/C11H16N4O4/c1-7-11(2,3-4-19-7)12-10(18)8-5-15(14-13-8)6-9(16)17/h5,7H,3-4,6H2,1-2H3,(H,12,18)(H,16,17). The molecule has 1 saturated heterocycles. The zero-order valence-corrected chi connectivity index (χ0v) is 10.8. The summed E-state index contributed by atoms with van der Waals surface area (Å²) in [5, 5.41) is 18.7. The van der Waals surface area contributed by atoms with Crippen LogP contribution >= 0.6 is 0 Å². The second kappa shape index (κ2) is 4.96. The highest BCUT2D eigenvalue weighted by Gasteiger charge is 2.38. The Labute approximate surface area is 109 Å². The molecule has 0 bridgehead atoms. The van der Waals surface area contributed by atoms with Crippen molar-refractivity contribution in [3.05, 3.63) is 11.9 Å². The molecule has 0 aliphatic carbocycles. The van der Waals surface area contributed by atoms with E-state index in [1.807, 2.05) is 13.8 Å². The summed E-state index contributed by atoms with van der Waals surface area (Å²) in [5.74, 6) is -1.42. The van der Waals surface area contributed by atoms with E-state index in [0.29, 0.717) is 6.61 Å². The Morgan fingerprint density at radius 3 is 3.00 bits per heavy atom. The number of aliphatic carboxylic acids is 1. The normalized spacial score (nSPS) is 26.3. The predicted molar refractivity (Wildman–Crippen MR) is 63.6 cm³/mol. The van der Waals surface area contributed by atoms with Gasteiger partial charge in [-0.1, -0.05) is 5.21 Å². The van der Waals surface area contributed by atoms with Crippen LogP contribution in [0.15, 0.2) is 6.20 Å². The third-order valence-electron chi connectivity index (χ3n) is 3.35. The summed E-state index contributed by atoms with van der Waals surface area (Å²) in [5.41, 5.74) is -0.338. The lowest BCUT2D eigenvalue weighted by atomic mass is 9.94. The van der Waals surface area contributed by atoms with Crippen LogP contribution in [-0.2, 0) is 16.1 Å². The third kappa shape index (κ3) is 2.90. The lowest BCUT2D eigenvalue weighted by Gasteiger charge is -2.28. The molecule has 2 rings (SSSR count). The minimum Gasteiger partial charge on any atom is -0.480 e. The van der Waals surface area contributed by atoms with Crippen LogP contribution in [0, 0.1) is 0 Å². The van der Waals surface area contributed by atoms with Gasteiger partial charge < -0.3 is 15.2 Å². The van der Waals surface area contributed by atoms with Crippen molar-refractivity contribution in [2.75, 3.05) is 6.61 Å². The first kappa shape index (κ1) is 13.5. The SMILES string of the molecule is CC1OCCC1(C)NC(=O)c1cn(CC(=O)O)nn1. The van der Waals surface area contributed by atoms with E-state index in [4.69, 9.17) is 9.84 Å². The molecule has 19 heavy (non-hydrogen) atoms. The van der Waals surface area contributed by atoms with Crippen molar-refractivity contribution >= 4 is 11.9 Å². The Balaban J connectivity index is 2.04. The topological polar surface area (TPSA) is 106 Å². The number of aromatic nitrogens is 3. The van der Waals surface area contributed by atoms with Gasteiger partial charge in [0.05, 0.1) is 17.8 Å². The second-order valence-corrected chi connectivity index (χ2v) is 4.83. The largest absolute Gasteiger partial charge is 0.480 e. The predicted octanol–water partition coefficient (Wildman–Crippen LogP) is -0.340. The van der Waals surface area contributed by atoms with Gasteiger partial charge in [-0.3, -0.25) is 9.59 Å². The number of rotatable bonds is 4. The summed E-state index contributed by atoms with van der Waals surface area (Å²) >= 11 is 0. The Kier molecular flexibility index (Phi) is 3.52. The number of carboxylic acids is 1. The van der Waals surface area contributed by atoms with Crippen molar-refractivity contribution < 1.29 is 19.4 Å². The summed E-state index contributed by atoms with van der Waals surface area (Å²) in [4.78, 5) is 22.5. The van der Waals surface area contributed by atoms with Gasteiger partial charge in [0.15, 0.2) is 5.69 Å². The fourth-order valence-electron chi connectivity index (χ4n) is 1.94. The molecule has 8 nitrogen and oxygen atoms in total. The minimum absolute atomic E-state index is 0.0782. The number of nitrogens with zero attached hydrogens (tertiary/aromatic N) is 3. The lowest BCUT2D eigenvalue weighted by molar-refractivity contribution is -0.137. The molecular weight excluding hydrogens is 252 g/mol. The first-order valence-corrected chi connectivity index (χ1v) is 5.97. The Bertz CT molecular complexity index is 501. The minimum atomic E-state index is -1.04. The third-order valence-corrected chi connectivity index (χ3v) is 3.35. The fourth-order valence-corrected chi connectivity index (χ4v) is 1.94. The summed E-state index contributed by atoms with van der Waals surface area (Å²) in [6.45, 7) is 4.08. The molecule has 0 aromatic carbocycles. The van der Waals surface area contributed by atoms with E-state index in [0.717, 1.165) is 11.1 Å². The number of nitrogens with one attached hydrogen (secondary N) is 1. The molecular formula is C11H16N4O4. The van der Waals surface area contributed by atoms with Gasteiger partial charge in [0.1, 0.15) is 6.54 Å². The summed E-state index contributed by atoms with van der Waals surface area (Å²) in [6, 6.07) is 0. The number of amides is 1. The Morgan fingerprint density at radius 2 is 2.42 bits per heavy atom. The van der Waals surface area contributed by atoms with Gasteiger partial charge in [-0.05, 0) is 20.3 Å². The maximum Gasteiger partial charge on any atom is 0.325 e. The van der Waals surface area contributed by atoms with Gasteiger partial charge >= 0.3 is 5.97 Å². The van der Waals surface area contributed by atoms with Gasteiger partial charge in [-0.25, -0.2) is 4.68 Å². The van der Waals surface area contributed by atoms with Crippen LogP contribution in [0.25, 0.3) is 0 Å². The molecule has 1 aliphatic rings. The van der Waals surface area contributed by atoms with Crippen molar-refractivity contribution in [3.8, 4) is 0 Å².